The number of amides is 1. The van der Waals surface area contributed by atoms with Crippen LogP contribution in [0, 0.1) is 19.8 Å². The standard InChI is InChI=1S/C18H24N2O2/c1-12(2)10-20(15(5)21)11-17-9-18(22-19-17)16-7-6-13(3)14(4)8-16/h6-9,12H,10-11H2,1-5H3. The lowest BCUT2D eigenvalue weighted by atomic mass is 10.0. The van der Waals surface area contributed by atoms with Gasteiger partial charge in [-0.3, -0.25) is 4.79 Å². The van der Waals surface area contributed by atoms with Crippen LogP contribution in [-0.4, -0.2) is 22.5 Å². The number of nitrogens with zero attached hydrogens (tertiary/aromatic N) is 2. The molecule has 0 unspecified atom stereocenters. The number of benzene rings is 1. The van der Waals surface area contributed by atoms with Crippen molar-refractivity contribution in [2.75, 3.05) is 6.54 Å². The van der Waals surface area contributed by atoms with Crippen LogP contribution in [0.1, 0.15) is 37.6 Å². The van der Waals surface area contributed by atoms with E-state index >= 15 is 0 Å². The molecule has 2 aromatic rings. The Morgan fingerprint density at radius 3 is 2.55 bits per heavy atom. The second kappa shape index (κ2) is 6.77. The van der Waals surface area contributed by atoms with Crippen LogP contribution in [0.5, 0.6) is 0 Å². The highest BCUT2D eigenvalue weighted by molar-refractivity contribution is 5.73. The van der Waals surface area contributed by atoms with E-state index in [0.717, 1.165) is 23.6 Å². The molecule has 0 aliphatic heterocycles. The van der Waals surface area contributed by atoms with Gasteiger partial charge < -0.3 is 9.42 Å². The third kappa shape index (κ3) is 3.97. The summed E-state index contributed by atoms with van der Waals surface area (Å²) in [6.45, 7) is 11.2. The molecule has 1 heterocycles. The van der Waals surface area contributed by atoms with Gasteiger partial charge in [0.1, 0.15) is 5.69 Å². The predicted molar refractivity (Wildman–Crippen MR) is 87.3 cm³/mol. The van der Waals surface area contributed by atoms with E-state index in [1.165, 1.54) is 11.1 Å². The van der Waals surface area contributed by atoms with Crippen molar-refractivity contribution in [2.24, 2.45) is 5.92 Å². The van der Waals surface area contributed by atoms with Crippen LogP contribution in [0.15, 0.2) is 28.8 Å². The number of aromatic nitrogens is 1. The van der Waals surface area contributed by atoms with Gasteiger partial charge >= 0.3 is 0 Å². The number of hydrogen-bond acceptors (Lipinski definition) is 3. The van der Waals surface area contributed by atoms with Crippen molar-refractivity contribution in [3.63, 3.8) is 0 Å². The van der Waals surface area contributed by atoms with Crippen LogP contribution < -0.4 is 0 Å². The van der Waals surface area contributed by atoms with E-state index in [1.807, 2.05) is 12.1 Å². The fraction of sp³-hybridized carbons (Fsp3) is 0.444. The van der Waals surface area contributed by atoms with Gasteiger partial charge in [0.25, 0.3) is 0 Å². The Balaban J connectivity index is 2.16. The van der Waals surface area contributed by atoms with Crippen LogP contribution >= 0.6 is 0 Å². The highest BCUT2D eigenvalue weighted by Crippen LogP contribution is 2.23. The first-order valence-corrected chi connectivity index (χ1v) is 7.65. The topological polar surface area (TPSA) is 46.3 Å². The first-order chi connectivity index (χ1) is 10.4. The molecule has 0 atom stereocenters. The average molecular weight is 300 g/mol. The average Bonchev–Trinajstić information content (AvgIpc) is 2.89. The Hall–Kier alpha value is -2.10. The summed E-state index contributed by atoms with van der Waals surface area (Å²) >= 11 is 0. The second-order valence-corrected chi connectivity index (χ2v) is 6.27. The third-order valence-electron chi connectivity index (χ3n) is 3.73. The van der Waals surface area contributed by atoms with Gasteiger partial charge in [-0.1, -0.05) is 31.1 Å². The molecule has 0 radical (unpaired) electrons. The molecule has 0 bridgehead atoms. The normalized spacial score (nSPS) is 11.0. The zero-order chi connectivity index (χ0) is 16.3. The predicted octanol–water partition coefficient (Wildman–Crippen LogP) is 3.96. The summed E-state index contributed by atoms with van der Waals surface area (Å²) in [7, 11) is 0. The Kier molecular flexibility index (Phi) is 5.01. The molecule has 0 spiro atoms. The fourth-order valence-corrected chi connectivity index (χ4v) is 2.36. The van der Waals surface area contributed by atoms with Crippen LogP contribution in [0.3, 0.4) is 0 Å². The first kappa shape index (κ1) is 16.3. The smallest absolute Gasteiger partial charge is 0.219 e. The molecule has 2 rings (SSSR count). The van der Waals surface area contributed by atoms with Crippen molar-refractivity contribution in [1.29, 1.82) is 0 Å². The molecule has 1 aromatic heterocycles. The van der Waals surface area contributed by atoms with Crippen molar-refractivity contribution in [1.82, 2.24) is 10.1 Å². The minimum Gasteiger partial charge on any atom is -0.356 e. The quantitative estimate of drug-likeness (QED) is 0.839. The molecule has 4 heteroatoms. The highest BCUT2D eigenvalue weighted by atomic mass is 16.5. The van der Waals surface area contributed by atoms with Crippen molar-refractivity contribution < 1.29 is 9.32 Å². The van der Waals surface area contributed by atoms with Gasteiger partial charge in [-0.05, 0) is 37.0 Å². The summed E-state index contributed by atoms with van der Waals surface area (Å²) in [5.41, 5.74) is 4.27. The van der Waals surface area contributed by atoms with E-state index in [0.29, 0.717) is 12.5 Å². The van der Waals surface area contributed by atoms with Gasteiger partial charge in [0.2, 0.25) is 5.91 Å². The minimum absolute atomic E-state index is 0.0597. The van der Waals surface area contributed by atoms with E-state index in [9.17, 15) is 4.79 Å². The van der Waals surface area contributed by atoms with Gasteiger partial charge in [0.05, 0.1) is 6.54 Å². The molecule has 118 valence electrons. The Morgan fingerprint density at radius 2 is 1.95 bits per heavy atom. The summed E-state index contributed by atoms with van der Waals surface area (Å²) in [6.07, 6.45) is 0. The zero-order valence-electron chi connectivity index (χ0n) is 14.0. The van der Waals surface area contributed by atoms with Crippen molar-refractivity contribution in [3.05, 3.63) is 41.1 Å². The maximum absolute atomic E-state index is 11.7. The molecule has 0 aliphatic rings. The molecule has 0 saturated heterocycles. The van der Waals surface area contributed by atoms with E-state index in [2.05, 4.69) is 45.0 Å². The van der Waals surface area contributed by atoms with Crippen molar-refractivity contribution in [2.45, 2.75) is 41.2 Å². The number of hydrogen-bond donors (Lipinski definition) is 0. The molecular formula is C18H24N2O2. The molecular weight excluding hydrogens is 276 g/mol. The number of carbonyl (C=O) groups is 1. The number of carbonyl (C=O) groups excluding carboxylic acids is 1. The van der Waals surface area contributed by atoms with Crippen molar-refractivity contribution >= 4 is 5.91 Å². The van der Waals surface area contributed by atoms with Crippen LogP contribution in [0.25, 0.3) is 11.3 Å². The first-order valence-electron chi connectivity index (χ1n) is 7.65. The third-order valence-corrected chi connectivity index (χ3v) is 3.73. The SMILES string of the molecule is CC(=O)N(Cc1cc(-c2ccc(C)c(C)c2)on1)CC(C)C. The van der Waals surface area contributed by atoms with E-state index in [4.69, 9.17) is 4.52 Å². The molecule has 1 amide bonds. The minimum atomic E-state index is 0.0597. The monoisotopic (exact) mass is 300 g/mol. The number of aryl methyl sites for hydroxylation is 2. The van der Waals surface area contributed by atoms with Gasteiger partial charge in [-0.15, -0.1) is 0 Å². The highest BCUT2D eigenvalue weighted by Gasteiger charge is 2.15. The summed E-state index contributed by atoms with van der Waals surface area (Å²) in [5.74, 6) is 1.23. The maximum Gasteiger partial charge on any atom is 0.219 e. The molecule has 0 aliphatic carbocycles. The fourth-order valence-electron chi connectivity index (χ4n) is 2.36. The zero-order valence-corrected chi connectivity index (χ0v) is 14.0. The van der Waals surface area contributed by atoms with Gasteiger partial charge in [0, 0.05) is 25.1 Å². The Labute approximate surface area is 132 Å². The summed E-state index contributed by atoms with van der Waals surface area (Å²) in [6, 6.07) is 8.12. The molecule has 22 heavy (non-hydrogen) atoms. The van der Waals surface area contributed by atoms with Crippen LogP contribution in [0.4, 0.5) is 0 Å². The molecule has 4 nitrogen and oxygen atoms in total. The molecule has 0 saturated carbocycles. The Morgan fingerprint density at radius 1 is 1.23 bits per heavy atom. The lowest BCUT2D eigenvalue weighted by Gasteiger charge is -2.21. The molecule has 1 aromatic carbocycles. The Bertz CT molecular complexity index is 659. The van der Waals surface area contributed by atoms with Gasteiger partial charge in [0.15, 0.2) is 5.76 Å². The lowest BCUT2D eigenvalue weighted by molar-refractivity contribution is -0.130. The second-order valence-electron chi connectivity index (χ2n) is 6.27. The van der Waals surface area contributed by atoms with Gasteiger partial charge in [-0.2, -0.15) is 0 Å². The largest absolute Gasteiger partial charge is 0.356 e. The van der Waals surface area contributed by atoms with Crippen LogP contribution in [0.2, 0.25) is 0 Å². The lowest BCUT2D eigenvalue weighted by Crippen LogP contribution is -2.31. The number of rotatable bonds is 5. The molecule has 0 fully saturated rings. The molecule has 0 N–H and O–H groups in total. The summed E-state index contributed by atoms with van der Waals surface area (Å²) in [4.78, 5) is 13.5. The maximum atomic E-state index is 11.7. The van der Waals surface area contributed by atoms with Gasteiger partial charge in [-0.25, -0.2) is 0 Å². The van der Waals surface area contributed by atoms with Crippen molar-refractivity contribution in [3.8, 4) is 11.3 Å². The van der Waals surface area contributed by atoms with E-state index in [1.54, 1.807) is 11.8 Å². The van der Waals surface area contributed by atoms with Crippen LogP contribution in [-0.2, 0) is 11.3 Å². The summed E-state index contributed by atoms with van der Waals surface area (Å²) < 4.78 is 5.44. The van der Waals surface area contributed by atoms with E-state index < -0.39 is 0 Å². The summed E-state index contributed by atoms with van der Waals surface area (Å²) in [5, 5.41) is 4.11. The van der Waals surface area contributed by atoms with E-state index in [-0.39, 0.29) is 5.91 Å².